The van der Waals surface area contributed by atoms with Gasteiger partial charge in [0.05, 0.1) is 5.69 Å². The molecule has 128 valence electrons. The second-order valence-electron chi connectivity index (χ2n) is 5.49. The summed E-state index contributed by atoms with van der Waals surface area (Å²) in [4.78, 5) is 35.0. The summed E-state index contributed by atoms with van der Waals surface area (Å²) in [7, 11) is 0. The third-order valence-electron chi connectivity index (χ3n) is 3.62. The van der Waals surface area contributed by atoms with Gasteiger partial charge in [0.15, 0.2) is 23.0 Å². The highest BCUT2D eigenvalue weighted by molar-refractivity contribution is 6.04. The molecule has 0 aliphatic carbocycles. The Hall–Kier alpha value is -2.71. The number of ketones is 3. The second-order valence-corrected chi connectivity index (χ2v) is 5.49. The van der Waals surface area contributed by atoms with E-state index in [1.165, 1.54) is 25.5 Å². The number of Topliss-reactive ketones (excluding diaryl/α,β-unsaturated/α-hetero) is 3. The Morgan fingerprint density at radius 3 is 1.88 bits per heavy atom. The third-order valence-corrected chi connectivity index (χ3v) is 3.62. The van der Waals surface area contributed by atoms with Gasteiger partial charge < -0.3 is 0 Å². The number of aromatic nitrogens is 6. The Bertz CT molecular complexity index is 789. The van der Waals surface area contributed by atoms with Gasteiger partial charge in [0.2, 0.25) is 0 Å². The molecule has 2 rings (SSSR count). The molecule has 0 radical (unpaired) electrons. The first kappa shape index (κ1) is 17.6. The van der Waals surface area contributed by atoms with Crippen molar-refractivity contribution in [3.05, 3.63) is 22.8 Å². The van der Waals surface area contributed by atoms with Crippen LogP contribution in [0.1, 0.15) is 71.3 Å². The van der Waals surface area contributed by atoms with Crippen LogP contribution in [0.3, 0.4) is 0 Å². The maximum atomic E-state index is 11.8. The minimum absolute atomic E-state index is 0.0825. The summed E-state index contributed by atoms with van der Waals surface area (Å²) in [6, 6.07) is 0. The summed E-state index contributed by atoms with van der Waals surface area (Å²) in [5.74, 6) is -0.640. The number of carbonyl (C=O) groups is 3. The van der Waals surface area contributed by atoms with Crippen LogP contribution in [0.15, 0.2) is 0 Å². The van der Waals surface area contributed by atoms with Crippen LogP contribution in [-0.4, -0.2) is 47.3 Å². The predicted octanol–water partition coefficient (Wildman–Crippen LogP) is 1.13. The van der Waals surface area contributed by atoms with Gasteiger partial charge in [-0.05, 0) is 12.8 Å². The minimum atomic E-state index is -0.297. The van der Waals surface area contributed by atoms with Crippen molar-refractivity contribution in [2.24, 2.45) is 0 Å². The number of aryl methyl sites for hydroxylation is 3. The molecule has 0 atom stereocenters. The lowest BCUT2D eigenvalue weighted by Gasteiger charge is -2.07. The van der Waals surface area contributed by atoms with Crippen molar-refractivity contribution in [1.29, 1.82) is 0 Å². The minimum Gasteiger partial charge on any atom is -0.293 e. The van der Waals surface area contributed by atoms with Crippen LogP contribution >= 0.6 is 0 Å². The Balaban J connectivity index is 2.13. The van der Waals surface area contributed by atoms with E-state index in [-0.39, 0.29) is 28.7 Å². The van der Waals surface area contributed by atoms with Crippen LogP contribution in [-0.2, 0) is 19.5 Å². The van der Waals surface area contributed by atoms with E-state index in [4.69, 9.17) is 0 Å². The van der Waals surface area contributed by atoms with E-state index in [0.29, 0.717) is 37.3 Å². The Labute approximate surface area is 139 Å². The quantitative estimate of drug-likeness (QED) is 0.666. The molecule has 0 aliphatic rings. The summed E-state index contributed by atoms with van der Waals surface area (Å²) >= 11 is 0. The highest BCUT2D eigenvalue weighted by atomic mass is 16.1. The monoisotopic (exact) mass is 332 g/mol. The molecule has 9 heteroatoms. The maximum absolute atomic E-state index is 11.8. The van der Waals surface area contributed by atoms with Crippen molar-refractivity contribution in [3.63, 3.8) is 0 Å². The average molecular weight is 332 g/mol. The van der Waals surface area contributed by atoms with Gasteiger partial charge in [0, 0.05) is 33.9 Å². The lowest BCUT2D eigenvalue weighted by atomic mass is 10.2. The molecule has 0 N–H and O–H groups in total. The molecule has 0 unspecified atom stereocenters. The first-order chi connectivity index (χ1) is 11.4. The average Bonchev–Trinajstić information content (AvgIpc) is 3.10. The molecule has 0 aliphatic heterocycles. The zero-order chi connectivity index (χ0) is 17.9. The number of nitrogens with zero attached hydrogens (tertiary/aromatic N) is 6. The molecule has 0 saturated heterocycles. The number of hydrogen-bond acceptors (Lipinski definition) is 7. The van der Waals surface area contributed by atoms with E-state index in [9.17, 15) is 14.4 Å². The fourth-order valence-corrected chi connectivity index (χ4v) is 2.55. The predicted molar refractivity (Wildman–Crippen MR) is 84.1 cm³/mol. The summed E-state index contributed by atoms with van der Waals surface area (Å²) < 4.78 is 2.99. The van der Waals surface area contributed by atoms with Crippen molar-refractivity contribution >= 4 is 17.3 Å². The van der Waals surface area contributed by atoms with Crippen molar-refractivity contribution < 1.29 is 14.4 Å². The number of hydrogen-bond donors (Lipinski definition) is 0. The molecular formula is C15H20N6O3. The molecule has 0 bridgehead atoms. The van der Waals surface area contributed by atoms with Crippen molar-refractivity contribution in [1.82, 2.24) is 30.0 Å². The van der Waals surface area contributed by atoms with E-state index in [1.807, 2.05) is 6.92 Å². The van der Waals surface area contributed by atoms with Gasteiger partial charge >= 0.3 is 0 Å². The van der Waals surface area contributed by atoms with Gasteiger partial charge in [-0.15, -0.1) is 10.2 Å². The maximum Gasteiger partial charge on any atom is 0.182 e. The Kier molecular flexibility index (Phi) is 5.32. The molecule has 0 aromatic carbocycles. The van der Waals surface area contributed by atoms with Crippen LogP contribution in [0, 0.1) is 0 Å². The molecule has 2 aromatic heterocycles. The summed E-state index contributed by atoms with van der Waals surface area (Å²) in [5, 5.41) is 15.7. The summed E-state index contributed by atoms with van der Waals surface area (Å²) in [6.07, 6.45) is 1.20. The fraction of sp³-hybridized carbons (Fsp3) is 0.533. The molecule has 0 spiro atoms. The SMILES string of the molecule is CCc1nnn(CCCn2nnc(C(C)=O)c2C(C)=O)c1C(C)=O. The first-order valence-electron chi connectivity index (χ1n) is 7.75. The van der Waals surface area contributed by atoms with Crippen LogP contribution in [0.2, 0.25) is 0 Å². The van der Waals surface area contributed by atoms with Gasteiger partial charge in [-0.25, -0.2) is 9.36 Å². The van der Waals surface area contributed by atoms with Gasteiger partial charge in [0.1, 0.15) is 11.4 Å². The highest BCUT2D eigenvalue weighted by Gasteiger charge is 2.20. The molecule has 0 saturated carbocycles. The van der Waals surface area contributed by atoms with Crippen molar-refractivity contribution in [3.8, 4) is 0 Å². The Morgan fingerprint density at radius 1 is 0.833 bits per heavy atom. The molecule has 9 nitrogen and oxygen atoms in total. The third kappa shape index (κ3) is 3.44. The smallest absolute Gasteiger partial charge is 0.182 e. The molecule has 0 fully saturated rings. The van der Waals surface area contributed by atoms with Gasteiger partial charge in [-0.1, -0.05) is 17.4 Å². The van der Waals surface area contributed by atoms with Gasteiger partial charge in [0.25, 0.3) is 0 Å². The molecule has 24 heavy (non-hydrogen) atoms. The van der Waals surface area contributed by atoms with E-state index in [1.54, 1.807) is 4.68 Å². The normalized spacial score (nSPS) is 10.8. The second kappa shape index (κ2) is 7.24. The van der Waals surface area contributed by atoms with Gasteiger partial charge in [-0.3, -0.25) is 14.4 Å². The number of rotatable bonds is 8. The zero-order valence-electron chi connectivity index (χ0n) is 14.2. The molecular weight excluding hydrogens is 312 g/mol. The lowest BCUT2D eigenvalue weighted by molar-refractivity contribution is 0.0972. The van der Waals surface area contributed by atoms with Gasteiger partial charge in [-0.2, -0.15) is 0 Å². The summed E-state index contributed by atoms with van der Waals surface area (Å²) in [5.41, 5.74) is 1.47. The van der Waals surface area contributed by atoms with E-state index in [0.717, 1.165) is 0 Å². The van der Waals surface area contributed by atoms with Crippen molar-refractivity contribution in [2.75, 3.05) is 0 Å². The first-order valence-corrected chi connectivity index (χ1v) is 7.75. The van der Waals surface area contributed by atoms with E-state index >= 15 is 0 Å². The van der Waals surface area contributed by atoms with E-state index in [2.05, 4.69) is 20.6 Å². The van der Waals surface area contributed by atoms with Crippen LogP contribution in [0.5, 0.6) is 0 Å². The molecule has 2 aromatic rings. The zero-order valence-corrected chi connectivity index (χ0v) is 14.2. The van der Waals surface area contributed by atoms with Crippen LogP contribution in [0.4, 0.5) is 0 Å². The fourth-order valence-electron chi connectivity index (χ4n) is 2.55. The largest absolute Gasteiger partial charge is 0.293 e. The van der Waals surface area contributed by atoms with Crippen molar-refractivity contribution in [2.45, 2.75) is 53.6 Å². The standard InChI is InChI=1S/C15H20N6O3/c1-5-12-14(10(3)23)20(18-16-12)7-6-8-21-15(11(4)24)13(9(2)22)17-19-21/h5-8H2,1-4H3. The molecule has 0 amide bonds. The Morgan fingerprint density at radius 2 is 1.38 bits per heavy atom. The highest BCUT2D eigenvalue weighted by Crippen LogP contribution is 2.11. The van der Waals surface area contributed by atoms with Crippen LogP contribution in [0.25, 0.3) is 0 Å². The van der Waals surface area contributed by atoms with E-state index < -0.39 is 0 Å². The number of carbonyl (C=O) groups excluding carboxylic acids is 3. The lowest BCUT2D eigenvalue weighted by Crippen LogP contribution is -2.15. The van der Waals surface area contributed by atoms with Crippen LogP contribution < -0.4 is 0 Å². The summed E-state index contributed by atoms with van der Waals surface area (Å²) in [6.45, 7) is 6.96. The topological polar surface area (TPSA) is 113 Å². The molecule has 2 heterocycles.